The molecule has 0 radical (unpaired) electrons. The fraction of sp³-hybridized carbons (Fsp3) is 0.261. The number of ketones is 1. The summed E-state index contributed by atoms with van der Waals surface area (Å²) in [6.07, 6.45) is 3.68. The molecule has 1 N–H and O–H groups in total. The van der Waals surface area contributed by atoms with Gasteiger partial charge in [-0.1, -0.05) is 23.4 Å². The quantitative estimate of drug-likeness (QED) is 0.499. The maximum atomic E-state index is 13.1. The van der Waals surface area contributed by atoms with Crippen molar-refractivity contribution in [3.8, 4) is 11.4 Å². The topological polar surface area (TPSA) is 75.0 Å². The molecule has 6 nitrogen and oxygen atoms in total. The van der Waals surface area contributed by atoms with Gasteiger partial charge in [0.25, 0.3) is 0 Å². The van der Waals surface area contributed by atoms with Crippen molar-refractivity contribution in [2.24, 2.45) is 0 Å². The Morgan fingerprint density at radius 3 is 2.90 bits per heavy atom. The van der Waals surface area contributed by atoms with Gasteiger partial charge >= 0.3 is 0 Å². The van der Waals surface area contributed by atoms with Crippen LogP contribution in [0.5, 0.6) is 0 Å². The van der Waals surface area contributed by atoms with Crippen LogP contribution in [0.2, 0.25) is 0 Å². The average Bonchev–Trinajstić information content (AvgIpc) is 3.42. The number of para-hydroxylation sites is 1. The van der Waals surface area contributed by atoms with E-state index in [2.05, 4.69) is 20.0 Å². The predicted molar refractivity (Wildman–Crippen MR) is 111 cm³/mol. The maximum Gasteiger partial charge on any atom is 0.231 e. The zero-order valence-electron chi connectivity index (χ0n) is 16.3. The standard InChI is InChI=1S/C23H21FN4O2/c24-17-9-7-15(8-10-17)22-26-23(30-27-22)16-4-3-11-28(13-16)14-21(29)19-12-25-20-6-2-1-5-18(19)20/h1-2,5-10,12,16,25H,3-4,11,13-14H2. The highest BCUT2D eigenvalue weighted by molar-refractivity contribution is 6.08. The van der Waals surface area contributed by atoms with Crippen LogP contribution in [0.15, 0.2) is 59.3 Å². The molecule has 0 aliphatic carbocycles. The van der Waals surface area contributed by atoms with Crippen LogP contribution < -0.4 is 0 Å². The fourth-order valence-electron chi connectivity index (χ4n) is 4.11. The molecule has 2 aromatic heterocycles. The first kappa shape index (κ1) is 18.7. The second-order valence-electron chi connectivity index (χ2n) is 7.71. The van der Waals surface area contributed by atoms with Gasteiger partial charge in [-0.05, 0) is 49.7 Å². The highest BCUT2D eigenvalue weighted by atomic mass is 19.1. The van der Waals surface area contributed by atoms with Crippen LogP contribution in [0.25, 0.3) is 22.3 Å². The van der Waals surface area contributed by atoms with E-state index in [0.29, 0.717) is 30.4 Å². The molecule has 0 spiro atoms. The van der Waals surface area contributed by atoms with E-state index in [0.717, 1.165) is 35.9 Å². The number of hydrogen-bond donors (Lipinski definition) is 1. The minimum Gasteiger partial charge on any atom is -0.360 e. The number of likely N-dealkylation sites (tertiary alicyclic amines) is 1. The number of aromatic nitrogens is 3. The summed E-state index contributed by atoms with van der Waals surface area (Å²) in [6, 6.07) is 13.9. The number of carbonyl (C=O) groups is 1. The molecule has 4 aromatic rings. The average molecular weight is 404 g/mol. The van der Waals surface area contributed by atoms with E-state index in [1.54, 1.807) is 18.3 Å². The number of hydrogen-bond acceptors (Lipinski definition) is 5. The lowest BCUT2D eigenvalue weighted by molar-refractivity contribution is 0.0900. The number of Topliss-reactive ketones (excluding diaryl/α,β-unsaturated/α-hetero) is 1. The number of H-pyrrole nitrogens is 1. The largest absolute Gasteiger partial charge is 0.360 e. The van der Waals surface area contributed by atoms with Gasteiger partial charge in [0.15, 0.2) is 5.78 Å². The lowest BCUT2D eigenvalue weighted by Crippen LogP contribution is -2.38. The van der Waals surface area contributed by atoms with Gasteiger partial charge in [0, 0.05) is 34.8 Å². The van der Waals surface area contributed by atoms with E-state index >= 15 is 0 Å². The first-order valence-electron chi connectivity index (χ1n) is 10.1. The zero-order chi connectivity index (χ0) is 20.5. The summed E-state index contributed by atoms with van der Waals surface area (Å²) in [6.45, 7) is 1.92. The second-order valence-corrected chi connectivity index (χ2v) is 7.71. The monoisotopic (exact) mass is 404 g/mol. The first-order chi connectivity index (χ1) is 14.7. The van der Waals surface area contributed by atoms with Crippen molar-refractivity contribution in [2.45, 2.75) is 18.8 Å². The van der Waals surface area contributed by atoms with Crippen molar-refractivity contribution < 1.29 is 13.7 Å². The Morgan fingerprint density at radius 1 is 1.20 bits per heavy atom. The Labute approximate surface area is 172 Å². The van der Waals surface area contributed by atoms with E-state index in [1.165, 1.54) is 12.1 Å². The number of nitrogens with zero attached hydrogens (tertiary/aromatic N) is 3. The van der Waals surface area contributed by atoms with Crippen molar-refractivity contribution in [3.63, 3.8) is 0 Å². The molecule has 0 saturated carbocycles. The lowest BCUT2D eigenvalue weighted by Gasteiger charge is -2.30. The van der Waals surface area contributed by atoms with Crippen molar-refractivity contribution >= 4 is 16.7 Å². The molecule has 1 aliphatic heterocycles. The van der Waals surface area contributed by atoms with Crippen LogP contribution in [0.4, 0.5) is 4.39 Å². The minimum atomic E-state index is -0.301. The number of benzene rings is 2. The maximum absolute atomic E-state index is 13.1. The molecule has 0 amide bonds. The smallest absolute Gasteiger partial charge is 0.231 e. The van der Waals surface area contributed by atoms with Crippen LogP contribution in [-0.4, -0.2) is 45.4 Å². The van der Waals surface area contributed by atoms with Gasteiger partial charge in [-0.25, -0.2) is 4.39 Å². The third kappa shape index (κ3) is 3.64. The molecule has 30 heavy (non-hydrogen) atoms. The van der Waals surface area contributed by atoms with Gasteiger partial charge in [0.05, 0.1) is 12.5 Å². The molecule has 5 rings (SSSR count). The molecule has 1 unspecified atom stereocenters. The summed E-state index contributed by atoms with van der Waals surface area (Å²) in [7, 11) is 0. The first-order valence-corrected chi connectivity index (χ1v) is 10.1. The molecule has 1 atom stereocenters. The Balaban J connectivity index is 1.28. The Bertz CT molecular complexity index is 1180. The highest BCUT2D eigenvalue weighted by Crippen LogP contribution is 2.28. The van der Waals surface area contributed by atoms with E-state index in [4.69, 9.17) is 4.52 Å². The summed E-state index contributed by atoms with van der Waals surface area (Å²) in [5, 5.41) is 5.01. The number of fused-ring (bicyclic) bond motifs is 1. The molecule has 3 heterocycles. The van der Waals surface area contributed by atoms with E-state index < -0.39 is 0 Å². The molecule has 1 fully saturated rings. The summed E-state index contributed by atoms with van der Waals surface area (Å²) in [4.78, 5) is 22.7. The Kier molecular flexibility index (Phi) is 4.88. The van der Waals surface area contributed by atoms with E-state index in [1.807, 2.05) is 24.3 Å². The SMILES string of the molecule is O=C(CN1CCCC(c2nc(-c3ccc(F)cc3)no2)C1)c1c[nH]c2ccccc12. The van der Waals surface area contributed by atoms with Gasteiger partial charge in [-0.15, -0.1) is 0 Å². The van der Waals surface area contributed by atoms with Crippen LogP contribution in [-0.2, 0) is 0 Å². The minimum absolute atomic E-state index is 0.0798. The number of piperidine rings is 1. The van der Waals surface area contributed by atoms with Gasteiger partial charge in [0.1, 0.15) is 5.82 Å². The number of rotatable bonds is 5. The Hall–Kier alpha value is -3.32. The molecular formula is C23H21FN4O2. The molecule has 0 bridgehead atoms. The van der Waals surface area contributed by atoms with Crippen LogP contribution in [0.1, 0.15) is 35.0 Å². The lowest BCUT2D eigenvalue weighted by atomic mass is 9.97. The zero-order valence-corrected chi connectivity index (χ0v) is 16.3. The normalized spacial score (nSPS) is 17.4. The summed E-state index contributed by atoms with van der Waals surface area (Å²) >= 11 is 0. The van der Waals surface area contributed by atoms with Gasteiger partial charge < -0.3 is 9.51 Å². The molecular weight excluding hydrogens is 383 g/mol. The number of nitrogens with one attached hydrogen (secondary N) is 1. The van der Waals surface area contributed by atoms with Crippen molar-refractivity contribution in [1.82, 2.24) is 20.0 Å². The predicted octanol–water partition coefficient (Wildman–Crippen LogP) is 4.42. The van der Waals surface area contributed by atoms with E-state index in [9.17, 15) is 9.18 Å². The molecule has 1 saturated heterocycles. The number of carbonyl (C=O) groups excluding carboxylic acids is 1. The van der Waals surface area contributed by atoms with Gasteiger partial charge in [-0.2, -0.15) is 4.98 Å². The highest BCUT2D eigenvalue weighted by Gasteiger charge is 2.28. The van der Waals surface area contributed by atoms with Gasteiger partial charge in [0.2, 0.25) is 11.7 Å². The molecule has 7 heteroatoms. The van der Waals surface area contributed by atoms with Crippen molar-refractivity contribution in [2.75, 3.05) is 19.6 Å². The molecule has 1 aliphatic rings. The molecule has 152 valence electrons. The van der Waals surface area contributed by atoms with Crippen molar-refractivity contribution in [3.05, 3.63) is 72.0 Å². The number of aromatic amines is 1. The second kappa shape index (κ2) is 7.84. The van der Waals surface area contributed by atoms with Gasteiger partial charge in [-0.3, -0.25) is 9.69 Å². The Morgan fingerprint density at radius 2 is 2.03 bits per heavy atom. The summed E-state index contributed by atoms with van der Waals surface area (Å²) in [5.74, 6) is 0.905. The number of halogens is 1. The third-order valence-corrected chi connectivity index (χ3v) is 5.66. The van der Waals surface area contributed by atoms with Crippen LogP contribution in [0, 0.1) is 5.82 Å². The molecule has 2 aromatic carbocycles. The summed E-state index contributed by atoms with van der Waals surface area (Å²) < 4.78 is 18.6. The summed E-state index contributed by atoms with van der Waals surface area (Å²) in [5.41, 5.74) is 2.41. The van der Waals surface area contributed by atoms with E-state index in [-0.39, 0.29) is 17.5 Å². The van der Waals surface area contributed by atoms with Crippen LogP contribution in [0.3, 0.4) is 0 Å². The fourth-order valence-corrected chi connectivity index (χ4v) is 4.11. The van der Waals surface area contributed by atoms with Crippen LogP contribution >= 0.6 is 0 Å². The third-order valence-electron chi connectivity index (χ3n) is 5.66. The van der Waals surface area contributed by atoms with Crippen molar-refractivity contribution in [1.29, 1.82) is 0 Å².